The van der Waals surface area contributed by atoms with E-state index in [-0.39, 0.29) is 24.3 Å². The number of carbonyl (C=O) groups is 2. The molecule has 2 N–H and O–H groups in total. The molecule has 9 nitrogen and oxygen atoms in total. The zero-order chi connectivity index (χ0) is 21.1. The maximum atomic E-state index is 12.2. The molecule has 0 atom stereocenters. The highest BCUT2D eigenvalue weighted by molar-refractivity contribution is 7.46. The number of phosphoric ester groups is 1. The normalized spacial score (nSPS) is 13.8. The van der Waals surface area contributed by atoms with Crippen LogP contribution in [0, 0.1) is 6.92 Å². The fourth-order valence-corrected chi connectivity index (χ4v) is 3.55. The maximum Gasteiger partial charge on any atom is 0.524 e. The third-order valence-electron chi connectivity index (χ3n) is 4.50. The van der Waals surface area contributed by atoms with Crippen molar-refractivity contribution in [1.29, 1.82) is 0 Å². The first kappa shape index (κ1) is 21.9. The molecule has 1 aromatic carbocycles. The minimum Gasteiger partial charge on any atom is -0.496 e. The summed E-state index contributed by atoms with van der Waals surface area (Å²) in [7, 11) is -3.51. The number of phosphoric acid groups is 1. The van der Waals surface area contributed by atoms with E-state index in [9.17, 15) is 23.9 Å². The van der Waals surface area contributed by atoms with Crippen molar-refractivity contribution in [3.8, 4) is 11.5 Å². The molecule has 1 aliphatic rings. The van der Waals surface area contributed by atoms with Crippen LogP contribution < -0.4 is 9.26 Å². The molecule has 0 saturated carbocycles. The van der Waals surface area contributed by atoms with Gasteiger partial charge in [-0.1, -0.05) is 11.6 Å². The highest BCUT2D eigenvalue weighted by atomic mass is 31.2. The summed E-state index contributed by atoms with van der Waals surface area (Å²) in [5, 5.41) is 0. The van der Waals surface area contributed by atoms with E-state index >= 15 is 0 Å². The number of benzene rings is 1. The van der Waals surface area contributed by atoms with Gasteiger partial charge in [0, 0.05) is 24.2 Å². The summed E-state index contributed by atoms with van der Waals surface area (Å²) < 4.78 is 26.9. The monoisotopic (exact) mass is 413 g/mol. The largest absolute Gasteiger partial charge is 0.524 e. The van der Waals surface area contributed by atoms with E-state index in [0.717, 1.165) is 12.0 Å². The second-order valence-electron chi connectivity index (χ2n) is 6.40. The molecule has 2 rings (SSSR count). The number of amides is 1. The smallest absolute Gasteiger partial charge is 0.496 e. The Bertz CT molecular complexity index is 858. The number of cyclic esters (lactones) is 1. The molecule has 0 fully saturated rings. The zero-order valence-corrected chi connectivity index (χ0v) is 17.1. The van der Waals surface area contributed by atoms with Gasteiger partial charge >= 0.3 is 13.8 Å². The Morgan fingerprint density at radius 3 is 2.57 bits per heavy atom. The predicted octanol–water partition coefficient (Wildman–Crippen LogP) is 2.11. The highest BCUT2D eigenvalue weighted by Crippen LogP contribution is 2.48. The van der Waals surface area contributed by atoms with Crippen molar-refractivity contribution in [1.82, 2.24) is 4.90 Å². The second-order valence-corrected chi connectivity index (χ2v) is 7.56. The molecule has 0 aromatic heterocycles. The van der Waals surface area contributed by atoms with Crippen LogP contribution in [0.3, 0.4) is 0 Å². The predicted molar refractivity (Wildman–Crippen MR) is 100 cm³/mol. The van der Waals surface area contributed by atoms with Gasteiger partial charge in [-0.2, -0.15) is 0 Å². The summed E-state index contributed by atoms with van der Waals surface area (Å²) in [6, 6.07) is 0. The van der Waals surface area contributed by atoms with Gasteiger partial charge < -0.3 is 18.9 Å². The molecule has 1 heterocycles. The van der Waals surface area contributed by atoms with E-state index < -0.39 is 13.8 Å². The van der Waals surface area contributed by atoms with E-state index in [2.05, 4.69) is 0 Å². The Hall–Kier alpha value is -2.35. The lowest BCUT2D eigenvalue weighted by atomic mass is 9.95. The Morgan fingerprint density at radius 1 is 1.36 bits per heavy atom. The Balaban J connectivity index is 2.56. The first-order chi connectivity index (χ1) is 13.1. The SMILES string of the molecule is CCN(C=O)CC(C)=CCc1c(OC)c(C)c2c(c1OP(=O)(O)O)C(=O)OC2. The zero-order valence-electron chi connectivity index (χ0n) is 16.2. The third kappa shape index (κ3) is 4.73. The number of ether oxygens (including phenoxy) is 2. The van der Waals surface area contributed by atoms with Crippen LogP contribution in [-0.4, -0.2) is 47.3 Å². The summed E-state index contributed by atoms with van der Waals surface area (Å²) in [6.07, 6.45) is 2.72. The van der Waals surface area contributed by atoms with Gasteiger partial charge in [-0.25, -0.2) is 9.36 Å². The number of nitrogens with zero attached hydrogens (tertiary/aromatic N) is 1. The number of allylic oxidation sites excluding steroid dienone is 1. The number of likely N-dealkylation sites (N-methyl/N-ethyl adjacent to an activating group) is 1. The van der Waals surface area contributed by atoms with Crippen molar-refractivity contribution in [2.24, 2.45) is 0 Å². The highest BCUT2D eigenvalue weighted by Gasteiger charge is 2.35. The molecular formula is C18H24NO8P. The molecule has 0 aliphatic carbocycles. The lowest BCUT2D eigenvalue weighted by molar-refractivity contribution is -0.117. The molecule has 10 heteroatoms. The van der Waals surface area contributed by atoms with E-state index in [1.807, 2.05) is 13.8 Å². The van der Waals surface area contributed by atoms with Gasteiger partial charge in [-0.3, -0.25) is 14.6 Å². The molecular weight excluding hydrogens is 389 g/mol. The van der Waals surface area contributed by atoms with Crippen LogP contribution >= 0.6 is 7.82 Å². The molecule has 1 aliphatic heterocycles. The molecule has 0 saturated heterocycles. The Labute approximate surface area is 163 Å². The van der Waals surface area contributed by atoms with Crippen molar-refractivity contribution in [3.63, 3.8) is 0 Å². The molecule has 1 aromatic rings. The molecule has 154 valence electrons. The number of rotatable bonds is 9. The molecule has 1 amide bonds. The number of carbonyl (C=O) groups excluding carboxylic acids is 2. The van der Waals surface area contributed by atoms with Gasteiger partial charge in [0.05, 0.1) is 7.11 Å². The fourth-order valence-electron chi connectivity index (χ4n) is 3.11. The van der Waals surface area contributed by atoms with E-state index in [1.165, 1.54) is 7.11 Å². The average molecular weight is 413 g/mol. The number of hydrogen-bond acceptors (Lipinski definition) is 6. The molecule has 0 bridgehead atoms. The van der Waals surface area contributed by atoms with Crippen molar-refractivity contribution in [2.75, 3.05) is 20.2 Å². The Morgan fingerprint density at radius 2 is 2.04 bits per heavy atom. The number of methoxy groups -OCH3 is 1. The standard InChI is InChI=1S/C18H24NO8P/c1-5-19(10-20)8-11(2)6-7-13-16(25-4)12(3)14-9-26-18(21)15(14)17(13)27-28(22,23)24/h6,10H,5,7-9H2,1-4H3,(H2,22,23,24). The van der Waals surface area contributed by atoms with Crippen molar-refractivity contribution in [3.05, 3.63) is 33.9 Å². The number of esters is 1. The quantitative estimate of drug-likeness (QED) is 0.273. The molecule has 0 radical (unpaired) electrons. The van der Waals surface area contributed by atoms with Crippen molar-refractivity contribution in [2.45, 2.75) is 33.8 Å². The van der Waals surface area contributed by atoms with Crippen molar-refractivity contribution < 1.29 is 37.9 Å². The first-order valence-electron chi connectivity index (χ1n) is 8.62. The molecule has 0 unspecified atom stereocenters. The average Bonchev–Trinajstić information content (AvgIpc) is 3.01. The van der Waals surface area contributed by atoms with Crippen LogP contribution in [0.1, 0.15) is 40.9 Å². The lowest BCUT2D eigenvalue weighted by Gasteiger charge is -2.20. The van der Waals surface area contributed by atoms with Crippen LogP contribution in [0.5, 0.6) is 11.5 Å². The number of hydrogen-bond donors (Lipinski definition) is 2. The van der Waals surface area contributed by atoms with Crippen LogP contribution in [0.4, 0.5) is 0 Å². The van der Waals surface area contributed by atoms with E-state index in [4.69, 9.17) is 14.0 Å². The molecule has 0 spiro atoms. The van der Waals surface area contributed by atoms with Gasteiger partial charge in [-0.05, 0) is 32.8 Å². The fraction of sp³-hybridized carbons (Fsp3) is 0.444. The van der Waals surface area contributed by atoms with Crippen molar-refractivity contribution >= 4 is 20.2 Å². The minimum absolute atomic E-state index is 0.00533. The van der Waals surface area contributed by atoms with Gasteiger partial charge in [0.2, 0.25) is 6.41 Å². The van der Waals surface area contributed by atoms with Gasteiger partial charge in [0.25, 0.3) is 0 Å². The summed E-state index contributed by atoms with van der Waals surface area (Å²) in [6.45, 7) is 6.36. The topological polar surface area (TPSA) is 123 Å². The second kappa shape index (κ2) is 8.77. The van der Waals surface area contributed by atoms with Crippen LogP contribution in [-0.2, 0) is 27.1 Å². The molecule has 28 heavy (non-hydrogen) atoms. The minimum atomic E-state index is -4.94. The van der Waals surface area contributed by atoms with Gasteiger partial charge in [0.1, 0.15) is 17.9 Å². The summed E-state index contributed by atoms with van der Waals surface area (Å²) >= 11 is 0. The lowest BCUT2D eigenvalue weighted by Crippen LogP contribution is -2.23. The van der Waals surface area contributed by atoms with Crippen LogP contribution in [0.15, 0.2) is 11.6 Å². The third-order valence-corrected chi connectivity index (χ3v) is 4.92. The van der Waals surface area contributed by atoms with Gasteiger partial charge in [0.15, 0.2) is 5.75 Å². The summed E-state index contributed by atoms with van der Waals surface area (Å²) in [5.41, 5.74) is 2.32. The summed E-state index contributed by atoms with van der Waals surface area (Å²) in [5.74, 6) is -0.573. The van der Waals surface area contributed by atoms with E-state index in [0.29, 0.717) is 35.5 Å². The summed E-state index contributed by atoms with van der Waals surface area (Å²) in [4.78, 5) is 43.4. The first-order valence-corrected chi connectivity index (χ1v) is 10.1. The van der Waals surface area contributed by atoms with Crippen LogP contribution in [0.25, 0.3) is 0 Å². The maximum absolute atomic E-state index is 12.2. The van der Waals surface area contributed by atoms with Crippen LogP contribution in [0.2, 0.25) is 0 Å². The Kier molecular flexibility index (Phi) is 6.87. The van der Waals surface area contributed by atoms with Gasteiger partial charge in [-0.15, -0.1) is 0 Å². The van der Waals surface area contributed by atoms with E-state index in [1.54, 1.807) is 17.9 Å². The number of fused-ring (bicyclic) bond motifs is 1.